The topological polar surface area (TPSA) is 50.7 Å². The molecule has 0 radical (unpaired) electrons. The highest BCUT2D eigenvalue weighted by Gasteiger charge is 2.17. The predicted molar refractivity (Wildman–Crippen MR) is 81.1 cm³/mol. The normalized spacial score (nSPS) is 14.3. The molecule has 0 saturated heterocycles. The highest BCUT2D eigenvalue weighted by Crippen LogP contribution is 2.19. The minimum Gasteiger partial charge on any atom is -0.312 e. The van der Waals surface area contributed by atoms with Gasteiger partial charge in [-0.3, -0.25) is 0 Å². The van der Waals surface area contributed by atoms with Crippen molar-refractivity contribution in [3.63, 3.8) is 0 Å². The lowest BCUT2D eigenvalue weighted by atomic mass is 10.0. The summed E-state index contributed by atoms with van der Waals surface area (Å²) in [7, 11) is 0. The summed E-state index contributed by atoms with van der Waals surface area (Å²) in [5.41, 5.74) is 4.89. The van der Waals surface area contributed by atoms with E-state index < -0.39 is 0 Å². The lowest BCUT2D eigenvalue weighted by Gasteiger charge is -2.19. The largest absolute Gasteiger partial charge is 0.312 e. The van der Waals surface area contributed by atoms with Gasteiger partial charge >= 0.3 is 0 Å². The van der Waals surface area contributed by atoms with E-state index in [4.69, 9.17) is 9.97 Å². The Kier molecular flexibility index (Phi) is 4.08. The summed E-state index contributed by atoms with van der Waals surface area (Å²) in [6, 6.07) is 0. The average Bonchev–Trinajstić information content (AvgIpc) is 2.84. The molecule has 0 aliphatic carbocycles. The Bertz CT molecular complexity index is 606. The predicted octanol–water partition coefficient (Wildman–Crippen LogP) is 2.43. The van der Waals surface area contributed by atoms with Crippen molar-refractivity contribution in [1.29, 1.82) is 0 Å². The zero-order valence-electron chi connectivity index (χ0n) is 12.1. The summed E-state index contributed by atoms with van der Waals surface area (Å²) in [5.74, 6) is 0.930. The Morgan fingerprint density at radius 3 is 2.95 bits per heavy atom. The van der Waals surface area contributed by atoms with Crippen LogP contribution in [0.1, 0.15) is 46.8 Å². The van der Waals surface area contributed by atoms with Gasteiger partial charge in [0.25, 0.3) is 0 Å². The van der Waals surface area contributed by atoms with E-state index in [-0.39, 0.29) is 0 Å². The van der Waals surface area contributed by atoms with E-state index in [0.29, 0.717) is 0 Å². The monoisotopic (exact) mass is 288 g/mol. The number of thiazole rings is 1. The Hall–Kier alpha value is -1.33. The summed E-state index contributed by atoms with van der Waals surface area (Å²) in [6.07, 6.45) is 3.92. The Balaban J connectivity index is 1.92. The van der Waals surface area contributed by atoms with E-state index in [2.05, 4.69) is 22.6 Å². The molecule has 106 valence electrons. The summed E-state index contributed by atoms with van der Waals surface area (Å²) in [5, 5.41) is 6.64. The molecule has 1 aliphatic rings. The van der Waals surface area contributed by atoms with Gasteiger partial charge in [0.2, 0.25) is 0 Å². The van der Waals surface area contributed by atoms with Crippen molar-refractivity contribution in [3.05, 3.63) is 38.9 Å². The number of aromatic nitrogens is 3. The van der Waals surface area contributed by atoms with Crippen molar-refractivity contribution in [1.82, 2.24) is 20.3 Å². The van der Waals surface area contributed by atoms with E-state index in [0.717, 1.165) is 55.3 Å². The van der Waals surface area contributed by atoms with Gasteiger partial charge in [0.05, 0.1) is 22.8 Å². The molecule has 20 heavy (non-hydrogen) atoms. The third kappa shape index (κ3) is 2.88. The molecule has 2 aromatic heterocycles. The van der Waals surface area contributed by atoms with Gasteiger partial charge in [-0.2, -0.15) is 0 Å². The van der Waals surface area contributed by atoms with Gasteiger partial charge in [-0.05, 0) is 13.3 Å². The molecule has 5 heteroatoms. The minimum absolute atomic E-state index is 0.752. The summed E-state index contributed by atoms with van der Waals surface area (Å²) >= 11 is 1.69. The number of rotatable bonds is 4. The standard InChI is InChI=1S/C15H20N4S/c1-3-4-13-12-8-16-6-5-14(12)19-15(18-13)7-11-9-20-10(2)17-11/h9,16H,3-8H2,1-2H3. The van der Waals surface area contributed by atoms with E-state index in [1.807, 2.05) is 6.92 Å². The molecule has 1 N–H and O–H groups in total. The van der Waals surface area contributed by atoms with E-state index >= 15 is 0 Å². The lowest BCUT2D eigenvalue weighted by Crippen LogP contribution is -2.27. The fourth-order valence-electron chi connectivity index (χ4n) is 2.64. The van der Waals surface area contributed by atoms with Crippen LogP contribution in [0.3, 0.4) is 0 Å². The number of hydrogen-bond acceptors (Lipinski definition) is 5. The van der Waals surface area contributed by atoms with Crippen LogP contribution < -0.4 is 5.32 Å². The van der Waals surface area contributed by atoms with Crippen LogP contribution in [0.15, 0.2) is 5.38 Å². The first-order valence-electron chi connectivity index (χ1n) is 7.25. The number of nitrogens with zero attached hydrogens (tertiary/aromatic N) is 3. The molecule has 0 unspecified atom stereocenters. The summed E-state index contributed by atoms with van der Waals surface area (Å²) < 4.78 is 0. The maximum Gasteiger partial charge on any atom is 0.134 e. The third-order valence-corrected chi connectivity index (χ3v) is 4.38. The van der Waals surface area contributed by atoms with Gasteiger partial charge in [0, 0.05) is 36.1 Å². The SMILES string of the molecule is CCCc1nc(Cc2csc(C)n2)nc2c1CNCC2. The fourth-order valence-corrected chi connectivity index (χ4v) is 3.26. The van der Waals surface area contributed by atoms with Crippen molar-refractivity contribution in [2.24, 2.45) is 0 Å². The second kappa shape index (κ2) is 5.97. The molecule has 0 fully saturated rings. The van der Waals surface area contributed by atoms with Gasteiger partial charge < -0.3 is 5.32 Å². The molecule has 0 aromatic carbocycles. The van der Waals surface area contributed by atoms with Crippen LogP contribution in [0, 0.1) is 6.92 Å². The summed E-state index contributed by atoms with van der Waals surface area (Å²) in [6.45, 7) is 6.18. The smallest absolute Gasteiger partial charge is 0.134 e. The Morgan fingerprint density at radius 1 is 1.30 bits per heavy atom. The molecule has 3 rings (SSSR count). The third-order valence-electron chi connectivity index (χ3n) is 3.56. The van der Waals surface area contributed by atoms with Gasteiger partial charge in [0.15, 0.2) is 0 Å². The Morgan fingerprint density at radius 2 is 2.20 bits per heavy atom. The van der Waals surface area contributed by atoms with Crippen LogP contribution in [-0.4, -0.2) is 21.5 Å². The molecule has 0 atom stereocenters. The van der Waals surface area contributed by atoms with Crippen molar-refractivity contribution < 1.29 is 0 Å². The van der Waals surface area contributed by atoms with Gasteiger partial charge in [0.1, 0.15) is 5.82 Å². The van der Waals surface area contributed by atoms with Crippen LogP contribution in [-0.2, 0) is 25.8 Å². The second-order valence-electron chi connectivity index (χ2n) is 5.22. The van der Waals surface area contributed by atoms with Crippen LogP contribution in [0.4, 0.5) is 0 Å². The highest BCUT2D eigenvalue weighted by atomic mass is 32.1. The van der Waals surface area contributed by atoms with Gasteiger partial charge in [-0.15, -0.1) is 11.3 Å². The highest BCUT2D eigenvalue weighted by molar-refractivity contribution is 7.09. The zero-order chi connectivity index (χ0) is 13.9. The van der Waals surface area contributed by atoms with E-state index in [9.17, 15) is 0 Å². The molecule has 4 nitrogen and oxygen atoms in total. The molecular formula is C15H20N4S. The average molecular weight is 288 g/mol. The van der Waals surface area contributed by atoms with Crippen molar-refractivity contribution >= 4 is 11.3 Å². The number of fused-ring (bicyclic) bond motifs is 1. The van der Waals surface area contributed by atoms with Crippen LogP contribution >= 0.6 is 11.3 Å². The molecule has 0 bridgehead atoms. The van der Waals surface area contributed by atoms with Gasteiger partial charge in [-0.25, -0.2) is 15.0 Å². The number of hydrogen-bond donors (Lipinski definition) is 1. The second-order valence-corrected chi connectivity index (χ2v) is 6.29. The minimum atomic E-state index is 0.752. The van der Waals surface area contributed by atoms with Gasteiger partial charge in [-0.1, -0.05) is 13.3 Å². The van der Waals surface area contributed by atoms with Crippen LogP contribution in [0.2, 0.25) is 0 Å². The Labute approximate surface area is 123 Å². The number of aryl methyl sites for hydroxylation is 2. The molecule has 0 saturated carbocycles. The van der Waals surface area contributed by atoms with Crippen LogP contribution in [0.25, 0.3) is 0 Å². The maximum atomic E-state index is 4.79. The molecule has 0 spiro atoms. The van der Waals surface area contributed by atoms with Crippen molar-refractivity contribution in [2.45, 2.75) is 46.1 Å². The van der Waals surface area contributed by atoms with Crippen molar-refractivity contribution in [2.75, 3.05) is 6.54 Å². The molecule has 1 aliphatic heterocycles. The summed E-state index contributed by atoms with van der Waals surface area (Å²) in [4.78, 5) is 14.1. The quantitative estimate of drug-likeness (QED) is 0.939. The molecule has 2 aromatic rings. The molecule has 3 heterocycles. The maximum absolute atomic E-state index is 4.79. The first-order chi connectivity index (χ1) is 9.76. The first kappa shape index (κ1) is 13.6. The number of nitrogens with one attached hydrogen (secondary N) is 1. The van der Waals surface area contributed by atoms with Crippen LogP contribution in [0.5, 0.6) is 0 Å². The van der Waals surface area contributed by atoms with Crippen molar-refractivity contribution in [3.8, 4) is 0 Å². The molecular weight excluding hydrogens is 268 g/mol. The first-order valence-corrected chi connectivity index (χ1v) is 8.13. The van der Waals surface area contributed by atoms with E-state index in [1.165, 1.54) is 17.0 Å². The fraction of sp³-hybridized carbons (Fsp3) is 0.533. The molecule has 0 amide bonds. The van der Waals surface area contributed by atoms with E-state index in [1.54, 1.807) is 11.3 Å². The lowest BCUT2D eigenvalue weighted by molar-refractivity contribution is 0.608. The zero-order valence-corrected chi connectivity index (χ0v) is 12.9.